The van der Waals surface area contributed by atoms with Gasteiger partial charge in [-0.15, -0.1) is 0 Å². The van der Waals surface area contributed by atoms with Crippen molar-refractivity contribution in [1.29, 1.82) is 0 Å². The third kappa shape index (κ3) is 4.98. The van der Waals surface area contributed by atoms with Crippen molar-refractivity contribution in [3.8, 4) is 0 Å². The second kappa shape index (κ2) is 8.11. The highest BCUT2D eigenvalue weighted by Crippen LogP contribution is 2.11. The van der Waals surface area contributed by atoms with Crippen LogP contribution in [0.2, 0.25) is 0 Å². The number of amides is 1. The van der Waals surface area contributed by atoms with Gasteiger partial charge in [0.1, 0.15) is 13.1 Å². The molecule has 15 heavy (non-hydrogen) atoms. The van der Waals surface area contributed by atoms with E-state index in [-0.39, 0.29) is 9.72 Å². The minimum Gasteiger partial charge on any atom is -0.675 e. The van der Waals surface area contributed by atoms with Crippen molar-refractivity contribution in [3.05, 3.63) is 23.2 Å². The van der Waals surface area contributed by atoms with Crippen molar-refractivity contribution in [2.75, 3.05) is 19.6 Å². The largest absolute Gasteiger partial charge is 0.675 e. The van der Waals surface area contributed by atoms with Gasteiger partial charge in [0, 0.05) is 11.1 Å². The molecule has 0 aliphatic rings. The lowest BCUT2D eigenvalue weighted by molar-refractivity contribution is -0.832. The first kappa shape index (κ1) is 14.9. The second-order valence-electron chi connectivity index (χ2n) is 3.22. The predicted octanol–water partition coefficient (Wildman–Crippen LogP) is 3.39. The van der Waals surface area contributed by atoms with Crippen molar-refractivity contribution >= 4 is 41.1 Å². The molecule has 86 valence electrons. The third-order valence-corrected chi connectivity index (χ3v) is 2.87. The molecule has 0 bridgehead atoms. The van der Waals surface area contributed by atoms with Crippen molar-refractivity contribution in [1.82, 2.24) is 0 Å². The van der Waals surface area contributed by atoms with Crippen LogP contribution < -0.4 is 0 Å². The minimum atomic E-state index is -0.276. The van der Waals surface area contributed by atoms with Crippen LogP contribution in [0.4, 0.5) is 4.79 Å². The lowest BCUT2D eigenvalue weighted by Gasteiger charge is -2.37. The van der Waals surface area contributed by atoms with Crippen molar-refractivity contribution in [2.45, 2.75) is 13.3 Å². The van der Waals surface area contributed by atoms with Gasteiger partial charge >= 0.3 is 0 Å². The number of carbonyl (C=O) groups is 1. The molecule has 0 atom stereocenters. The van der Waals surface area contributed by atoms with Crippen molar-refractivity contribution in [3.63, 3.8) is 0 Å². The number of quaternary nitrogens is 1. The predicted molar refractivity (Wildman–Crippen MR) is 67.9 cm³/mol. The average molecular weight is 268 g/mol. The molecule has 0 aromatic carbocycles. The molecule has 0 saturated carbocycles. The lowest BCUT2D eigenvalue weighted by atomic mass is 10.3. The Bertz CT molecular complexity index is 240. The minimum absolute atomic E-state index is 0.193. The molecule has 0 saturated heterocycles. The Hall–Kier alpha value is -0.0900. The first-order valence-corrected chi connectivity index (χ1v) is 5.99. The molecular weight excluding hydrogens is 253 g/mol. The molecule has 1 amide bonds. The van der Waals surface area contributed by atoms with Crippen LogP contribution in [0.15, 0.2) is 23.2 Å². The summed E-state index contributed by atoms with van der Waals surface area (Å²) >= 11 is 15.7. The van der Waals surface area contributed by atoms with Gasteiger partial charge in [-0.05, 0) is 18.6 Å². The monoisotopic (exact) mass is 267 g/mol. The quantitative estimate of drug-likeness (QED) is 0.542. The van der Waals surface area contributed by atoms with E-state index >= 15 is 0 Å². The Morgan fingerprint density at radius 3 is 2.00 bits per heavy atom. The fourth-order valence-electron chi connectivity index (χ4n) is 1.41. The van der Waals surface area contributed by atoms with E-state index in [9.17, 15) is 4.79 Å². The van der Waals surface area contributed by atoms with E-state index in [1.54, 1.807) is 12.2 Å². The number of carbonyl (C=O) groups excluding carboxylic acids is 1. The van der Waals surface area contributed by atoms with E-state index in [0.29, 0.717) is 19.6 Å². The summed E-state index contributed by atoms with van der Waals surface area (Å²) in [6.45, 7) is 3.74. The summed E-state index contributed by atoms with van der Waals surface area (Å²) in [5, 5.41) is -0.276. The standard InChI is InChI=1S/C10H15Cl2NOS/c1-2-7-13(10(14)15,8-3-5-11)9-4-6-12/h3-6H,2,7-9H2,1H3. The summed E-state index contributed by atoms with van der Waals surface area (Å²) in [6, 6.07) is 0. The summed E-state index contributed by atoms with van der Waals surface area (Å²) in [6.07, 6.45) is 4.36. The van der Waals surface area contributed by atoms with Crippen molar-refractivity contribution in [2.24, 2.45) is 0 Å². The highest BCUT2D eigenvalue weighted by molar-refractivity contribution is 7.76. The van der Waals surface area contributed by atoms with Crippen LogP contribution in [-0.4, -0.2) is 29.4 Å². The molecule has 0 heterocycles. The number of hydrogen-bond acceptors (Lipinski definition) is 2. The SMILES string of the molecule is CCC[N+](CC=CCl)(CC=CCl)C(=O)[S-]. The van der Waals surface area contributed by atoms with E-state index in [1.165, 1.54) is 11.1 Å². The summed E-state index contributed by atoms with van der Waals surface area (Å²) < 4.78 is 0.193. The van der Waals surface area contributed by atoms with Gasteiger partial charge in [-0.1, -0.05) is 30.1 Å². The fourth-order valence-corrected chi connectivity index (χ4v) is 1.81. The lowest BCUT2D eigenvalue weighted by Crippen LogP contribution is -2.52. The van der Waals surface area contributed by atoms with Gasteiger partial charge in [-0.3, -0.25) is 9.28 Å². The van der Waals surface area contributed by atoms with Crippen LogP contribution in [0.1, 0.15) is 13.3 Å². The maximum Gasteiger partial charge on any atom is 0.199 e. The van der Waals surface area contributed by atoms with Crippen LogP contribution >= 0.6 is 23.2 Å². The maximum absolute atomic E-state index is 11.5. The number of hydrogen-bond donors (Lipinski definition) is 0. The number of rotatable bonds is 6. The Labute approximate surface area is 107 Å². The van der Waals surface area contributed by atoms with E-state index in [0.717, 1.165) is 6.42 Å². The van der Waals surface area contributed by atoms with Gasteiger partial charge in [-0.25, -0.2) is 0 Å². The maximum atomic E-state index is 11.5. The fraction of sp³-hybridized carbons (Fsp3) is 0.500. The smallest absolute Gasteiger partial charge is 0.199 e. The van der Waals surface area contributed by atoms with Gasteiger partial charge in [0.25, 0.3) is 0 Å². The molecule has 0 radical (unpaired) electrons. The Morgan fingerprint density at radius 2 is 1.73 bits per heavy atom. The highest BCUT2D eigenvalue weighted by atomic mass is 35.5. The van der Waals surface area contributed by atoms with Gasteiger partial charge < -0.3 is 12.6 Å². The number of halogens is 2. The molecule has 0 unspecified atom stereocenters. The first-order chi connectivity index (χ1) is 7.13. The molecular formula is C10H15Cl2NOS. The third-order valence-electron chi connectivity index (χ3n) is 2.13. The molecule has 5 heteroatoms. The van der Waals surface area contributed by atoms with Crippen LogP contribution in [0.3, 0.4) is 0 Å². The topological polar surface area (TPSA) is 17.1 Å². The molecule has 0 fully saturated rings. The van der Waals surface area contributed by atoms with E-state index in [2.05, 4.69) is 0 Å². The van der Waals surface area contributed by atoms with Gasteiger partial charge in [0.2, 0.25) is 0 Å². The zero-order valence-electron chi connectivity index (χ0n) is 8.66. The van der Waals surface area contributed by atoms with E-state index in [1.807, 2.05) is 6.92 Å². The van der Waals surface area contributed by atoms with Crippen LogP contribution in [-0.2, 0) is 12.6 Å². The zero-order valence-corrected chi connectivity index (χ0v) is 11.0. The average Bonchev–Trinajstić information content (AvgIpc) is 2.22. The second-order valence-corrected chi connectivity index (χ2v) is 4.08. The van der Waals surface area contributed by atoms with E-state index in [4.69, 9.17) is 35.8 Å². The molecule has 0 N–H and O–H groups in total. The summed E-state index contributed by atoms with van der Waals surface area (Å²) in [7, 11) is 0. The summed E-state index contributed by atoms with van der Waals surface area (Å²) in [5.41, 5.74) is 2.82. The first-order valence-electron chi connectivity index (χ1n) is 4.71. The Balaban J connectivity index is 4.78. The molecule has 0 spiro atoms. The van der Waals surface area contributed by atoms with E-state index < -0.39 is 0 Å². The van der Waals surface area contributed by atoms with Crippen molar-refractivity contribution < 1.29 is 9.28 Å². The van der Waals surface area contributed by atoms with Crippen LogP contribution in [0.25, 0.3) is 0 Å². The zero-order chi connectivity index (χ0) is 11.7. The Morgan fingerprint density at radius 1 is 1.27 bits per heavy atom. The van der Waals surface area contributed by atoms with Crippen LogP contribution in [0.5, 0.6) is 0 Å². The molecule has 2 nitrogen and oxygen atoms in total. The highest BCUT2D eigenvalue weighted by Gasteiger charge is 2.25. The van der Waals surface area contributed by atoms with Gasteiger partial charge in [0.05, 0.1) is 6.54 Å². The normalized spacial score (nSPS) is 15.9. The summed E-state index contributed by atoms with van der Waals surface area (Å²) in [5.74, 6) is 0. The van der Waals surface area contributed by atoms with Gasteiger partial charge in [-0.2, -0.15) is 0 Å². The number of nitrogens with zero attached hydrogens (tertiary/aromatic N) is 1. The van der Waals surface area contributed by atoms with Crippen LogP contribution in [0, 0.1) is 0 Å². The molecule has 0 aliphatic carbocycles. The molecule has 0 aromatic rings. The Kier molecular flexibility index (Phi) is 8.06. The summed E-state index contributed by atoms with van der Waals surface area (Å²) in [4.78, 5) is 11.5. The molecule has 0 rings (SSSR count). The molecule has 0 aliphatic heterocycles. The molecule has 0 aromatic heterocycles. The van der Waals surface area contributed by atoms with Gasteiger partial charge in [0.15, 0.2) is 5.24 Å².